The van der Waals surface area contributed by atoms with Gasteiger partial charge in [-0.2, -0.15) is 0 Å². The number of nitrogens with zero attached hydrogens (tertiary/aromatic N) is 2. The van der Waals surface area contributed by atoms with Crippen LogP contribution in [0.2, 0.25) is 0 Å². The third-order valence-electron chi connectivity index (χ3n) is 13.7. The fourth-order valence-electron chi connectivity index (χ4n) is 9.45. The van der Waals surface area contributed by atoms with Gasteiger partial charge in [-0.3, -0.25) is 19.2 Å². The van der Waals surface area contributed by atoms with Crippen molar-refractivity contribution in [1.29, 1.82) is 0 Å². The zero-order chi connectivity index (χ0) is 63.7. The van der Waals surface area contributed by atoms with Crippen LogP contribution in [0.5, 0.6) is 11.5 Å². The summed E-state index contributed by atoms with van der Waals surface area (Å²) in [5, 5.41) is 0. The summed E-state index contributed by atoms with van der Waals surface area (Å²) in [7, 11) is 0. The molecule has 0 fully saturated rings. The number of hydrogen-bond acceptors (Lipinski definition) is 10. The third-order valence-corrected chi connectivity index (χ3v) is 14.2. The van der Waals surface area contributed by atoms with Gasteiger partial charge in [0.15, 0.2) is 12.6 Å². The van der Waals surface area contributed by atoms with Crippen LogP contribution in [0.15, 0.2) is 217 Å². The SMILES string of the molecule is C.C.C=Cc1ccc(N(c2ccccc2)c2ccccc2)cc1.CC(C)(C)OC(=O)CCCCCCCOc1cc(/C=C/c2ccc(N(c3ccccc3)c3ccccc3)cc2)ccc1C=O.CC(C)(C)OC(=O)CCCCCCCOc1cc(Br)ccc1C=O. The molecule has 480 valence electrons. The molecule has 0 amide bonds. The molecule has 0 bridgehead atoms. The number of carbonyl (C=O) groups is 4. The van der Waals surface area contributed by atoms with E-state index in [-0.39, 0.29) is 26.8 Å². The van der Waals surface area contributed by atoms with Crippen molar-refractivity contribution in [3.63, 3.8) is 0 Å². The van der Waals surface area contributed by atoms with Crippen LogP contribution >= 0.6 is 15.9 Å². The van der Waals surface area contributed by atoms with Gasteiger partial charge in [0.1, 0.15) is 22.7 Å². The Labute approximate surface area is 552 Å². The first-order valence-corrected chi connectivity index (χ1v) is 31.7. The van der Waals surface area contributed by atoms with Gasteiger partial charge < -0.3 is 28.7 Å². The number of rotatable bonds is 29. The van der Waals surface area contributed by atoms with Crippen molar-refractivity contribution in [3.8, 4) is 11.5 Å². The number of unbranched alkanes of at least 4 members (excludes halogenated alkanes) is 8. The molecule has 0 unspecified atom stereocenters. The Morgan fingerprint density at radius 3 is 1.10 bits per heavy atom. The van der Waals surface area contributed by atoms with Crippen LogP contribution in [0.3, 0.4) is 0 Å². The van der Waals surface area contributed by atoms with Crippen molar-refractivity contribution < 1.29 is 38.1 Å². The van der Waals surface area contributed by atoms with E-state index in [1.165, 1.54) is 0 Å². The number of halogens is 1. The fourth-order valence-corrected chi connectivity index (χ4v) is 9.79. The standard InChI is InChI=1S/C39H43NO4.C20H17N.C19H27BrO4.2CH4/c1-39(2,3)44-38(42)19-13-5-4-6-14-28-43-37-29-32(22-25-33(37)30-41)21-20-31-23-26-36(27-24-31)40(34-15-9-7-10-16-34)35-17-11-8-12-18-35;1-2-17-13-15-20(16-14-17)21(18-9-5-3-6-10-18)19-11-7-4-8-12-19;1-19(2,3)24-18(22)9-7-5-4-6-8-12-23-17-13-16(20)11-10-15(17)14-21;;/h7-12,15-18,20-27,29-30H,4-6,13-14,19,28H2,1-3H3;2-16H,1H2;10-11,13-14H,4-9,12H2,1-3H3;2*1H4/b21-20+;;;;. The van der Waals surface area contributed by atoms with Gasteiger partial charge in [-0.15, -0.1) is 0 Å². The number of esters is 2. The second-order valence-corrected chi connectivity index (χ2v) is 24.3. The van der Waals surface area contributed by atoms with Crippen molar-refractivity contribution in [1.82, 2.24) is 0 Å². The Morgan fingerprint density at radius 1 is 0.407 bits per heavy atom. The molecule has 0 saturated heterocycles. The van der Waals surface area contributed by atoms with Crippen LogP contribution in [0.25, 0.3) is 18.2 Å². The summed E-state index contributed by atoms with van der Waals surface area (Å²) in [5.41, 5.74) is 10.2. The van der Waals surface area contributed by atoms with Gasteiger partial charge in [-0.05, 0) is 187 Å². The Kier molecular flexibility index (Phi) is 32.9. The van der Waals surface area contributed by atoms with E-state index < -0.39 is 11.2 Å². The number of benzene rings is 8. The lowest BCUT2D eigenvalue weighted by Gasteiger charge is -2.25. The van der Waals surface area contributed by atoms with Gasteiger partial charge in [-0.1, -0.05) is 197 Å². The minimum absolute atomic E-state index is 0. The molecule has 0 aliphatic rings. The summed E-state index contributed by atoms with van der Waals surface area (Å²) in [6.45, 7) is 16.2. The molecule has 0 atom stereocenters. The number of aldehydes is 2. The first-order chi connectivity index (χ1) is 43.0. The molecule has 0 aromatic heterocycles. The van der Waals surface area contributed by atoms with Gasteiger partial charge >= 0.3 is 11.9 Å². The van der Waals surface area contributed by atoms with E-state index in [2.05, 4.69) is 160 Å². The number of carbonyl (C=O) groups excluding carboxylic acids is 4. The number of hydrogen-bond donors (Lipinski definition) is 0. The largest absolute Gasteiger partial charge is 0.493 e. The second-order valence-electron chi connectivity index (χ2n) is 23.4. The lowest BCUT2D eigenvalue weighted by Crippen LogP contribution is -2.23. The van der Waals surface area contributed by atoms with Crippen molar-refractivity contribution in [3.05, 3.63) is 245 Å². The van der Waals surface area contributed by atoms with E-state index in [0.717, 1.165) is 132 Å². The lowest BCUT2D eigenvalue weighted by atomic mass is 10.1. The predicted molar refractivity (Wildman–Crippen MR) is 384 cm³/mol. The summed E-state index contributed by atoms with van der Waals surface area (Å²) in [4.78, 5) is 50.4. The molecule has 8 aromatic rings. The first kappa shape index (κ1) is 74.7. The average molecular weight is 1290 g/mol. The van der Waals surface area contributed by atoms with E-state index in [0.29, 0.717) is 48.7 Å². The molecular weight excluding hydrogens is 1200 g/mol. The molecule has 0 saturated carbocycles. The van der Waals surface area contributed by atoms with Gasteiger partial charge in [0, 0.05) is 51.4 Å². The van der Waals surface area contributed by atoms with Gasteiger partial charge in [0.2, 0.25) is 0 Å². The normalized spacial score (nSPS) is 10.8. The highest BCUT2D eigenvalue weighted by Crippen LogP contribution is 2.36. The highest BCUT2D eigenvalue weighted by Gasteiger charge is 2.18. The monoisotopic (exact) mass is 1290 g/mol. The van der Waals surface area contributed by atoms with Crippen LogP contribution in [0.4, 0.5) is 34.1 Å². The molecular formula is C80H95BrN2O8. The Morgan fingerprint density at radius 2 is 0.725 bits per heavy atom. The molecule has 8 rings (SSSR count). The molecule has 91 heavy (non-hydrogen) atoms. The van der Waals surface area contributed by atoms with E-state index in [9.17, 15) is 19.2 Å². The molecule has 0 aliphatic heterocycles. The number of ether oxygens (including phenoxy) is 4. The smallest absolute Gasteiger partial charge is 0.306 e. The van der Waals surface area contributed by atoms with Crippen LogP contribution in [-0.2, 0) is 19.1 Å². The second kappa shape index (κ2) is 40.0. The van der Waals surface area contributed by atoms with Crippen LogP contribution in [0.1, 0.15) is 171 Å². The van der Waals surface area contributed by atoms with Gasteiger partial charge in [-0.25, -0.2) is 0 Å². The van der Waals surface area contributed by atoms with Crippen molar-refractivity contribution in [2.24, 2.45) is 0 Å². The molecule has 0 heterocycles. The summed E-state index contributed by atoms with van der Waals surface area (Å²) < 4.78 is 23.2. The van der Waals surface area contributed by atoms with Crippen molar-refractivity contribution >= 4 is 92.8 Å². The number of para-hydroxylation sites is 4. The third kappa shape index (κ3) is 27.5. The molecule has 8 aromatic carbocycles. The molecule has 0 aliphatic carbocycles. The Hall–Kier alpha value is -8.80. The topological polar surface area (TPSA) is 112 Å². The van der Waals surface area contributed by atoms with E-state index in [1.807, 2.05) is 126 Å². The molecule has 11 heteroatoms. The van der Waals surface area contributed by atoms with Crippen LogP contribution in [-0.4, -0.2) is 48.9 Å². The van der Waals surface area contributed by atoms with Crippen LogP contribution in [0, 0.1) is 0 Å². The predicted octanol–water partition coefficient (Wildman–Crippen LogP) is 22.6. The summed E-state index contributed by atoms with van der Waals surface area (Å²) in [6, 6.07) is 69.4. The Bertz CT molecular complexity index is 3340. The highest BCUT2D eigenvalue weighted by molar-refractivity contribution is 9.10. The van der Waals surface area contributed by atoms with Crippen LogP contribution < -0.4 is 19.3 Å². The number of anilines is 6. The highest BCUT2D eigenvalue weighted by atomic mass is 79.9. The molecule has 0 radical (unpaired) electrons. The van der Waals surface area contributed by atoms with E-state index in [1.54, 1.807) is 12.1 Å². The van der Waals surface area contributed by atoms with Crippen molar-refractivity contribution in [2.45, 2.75) is 145 Å². The zero-order valence-electron chi connectivity index (χ0n) is 52.7. The molecule has 10 nitrogen and oxygen atoms in total. The lowest BCUT2D eigenvalue weighted by molar-refractivity contribution is -0.156. The maximum atomic E-state index is 11.8. The summed E-state index contributed by atoms with van der Waals surface area (Å²) in [6.07, 6.45) is 18.2. The minimum atomic E-state index is -0.429. The van der Waals surface area contributed by atoms with Gasteiger partial charge in [0.25, 0.3) is 0 Å². The van der Waals surface area contributed by atoms with E-state index in [4.69, 9.17) is 18.9 Å². The molecule has 0 N–H and O–H groups in total. The summed E-state index contributed by atoms with van der Waals surface area (Å²) >= 11 is 3.37. The average Bonchev–Trinajstić information content (AvgIpc) is 0.998. The van der Waals surface area contributed by atoms with E-state index >= 15 is 0 Å². The maximum Gasteiger partial charge on any atom is 0.306 e. The van der Waals surface area contributed by atoms with Crippen molar-refractivity contribution in [2.75, 3.05) is 23.0 Å². The maximum absolute atomic E-state index is 11.8. The van der Waals surface area contributed by atoms with Gasteiger partial charge in [0.05, 0.1) is 24.3 Å². The molecule has 0 spiro atoms. The summed E-state index contributed by atoms with van der Waals surface area (Å²) in [5.74, 6) is 0.959. The fraction of sp³-hybridized carbons (Fsp3) is 0.300. The Balaban J connectivity index is 0.000000317. The zero-order valence-corrected chi connectivity index (χ0v) is 54.2. The minimum Gasteiger partial charge on any atom is -0.493 e. The quantitative estimate of drug-likeness (QED) is 0.0194. The first-order valence-electron chi connectivity index (χ1n) is 30.9.